The van der Waals surface area contributed by atoms with Crippen molar-refractivity contribution in [3.05, 3.63) is 48.5 Å². The summed E-state index contributed by atoms with van der Waals surface area (Å²) in [7, 11) is -3.04. The summed E-state index contributed by atoms with van der Waals surface area (Å²) in [5, 5.41) is 0. The van der Waals surface area contributed by atoms with Gasteiger partial charge in [-0.2, -0.15) is 0 Å². The summed E-state index contributed by atoms with van der Waals surface area (Å²) in [5.74, 6) is 0. The molecular formula is C19H24BNO3S. The number of hydrogen-bond acceptors (Lipinski definition) is 4. The fourth-order valence-electron chi connectivity index (χ4n) is 2.72. The summed E-state index contributed by atoms with van der Waals surface area (Å²) in [6.45, 7) is 8.17. The zero-order valence-electron chi connectivity index (χ0n) is 15.3. The van der Waals surface area contributed by atoms with Gasteiger partial charge in [-0.3, -0.25) is 0 Å². The van der Waals surface area contributed by atoms with Gasteiger partial charge in [0.2, 0.25) is 0 Å². The summed E-state index contributed by atoms with van der Waals surface area (Å²) in [5.41, 5.74) is 2.36. The van der Waals surface area contributed by atoms with E-state index in [2.05, 4.69) is 0 Å². The maximum Gasteiger partial charge on any atom is 0.494 e. The number of benzene rings is 2. The van der Waals surface area contributed by atoms with E-state index in [9.17, 15) is 4.21 Å². The van der Waals surface area contributed by atoms with Crippen LogP contribution in [0, 0.1) is 4.78 Å². The Kier molecular flexibility index (Phi) is 4.34. The minimum atomic E-state index is -2.67. The van der Waals surface area contributed by atoms with E-state index in [0.29, 0.717) is 4.90 Å². The highest BCUT2D eigenvalue weighted by molar-refractivity contribution is 7.91. The Morgan fingerprint density at radius 3 is 1.64 bits per heavy atom. The van der Waals surface area contributed by atoms with E-state index in [4.69, 9.17) is 14.1 Å². The molecule has 0 radical (unpaired) electrons. The molecule has 132 valence electrons. The Balaban J connectivity index is 1.82. The lowest BCUT2D eigenvalue weighted by molar-refractivity contribution is 0.00578. The van der Waals surface area contributed by atoms with Crippen LogP contribution in [0.5, 0.6) is 0 Å². The zero-order chi connectivity index (χ0) is 18.5. The molecular weight excluding hydrogens is 333 g/mol. The van der Waals surface area contributed by atoms with Crippen molar-refractivity contribution in [1.29, 1.82) is 4.78 Å². The largest absolute Gasteiger partial charge is 0.494 e. The average molecular weight is 357 g/mol. The third-order valence-corrected chi connectivity index (χ3v) is 6.25. The van der Waals surface area contributed by atoms with Crippen LogP contribution in [0.3, 0.4) is 0 Å². The molecule has 1 fully saturated rings. The Labute approximate surface area is 150 Å². The minimum Gasteiger partial charge on any atom is -0.399 e. The quantitative estimate of drug-likeness (QED) is 0.853. The minimum absolute atomic E-state index is 0.351. The lowest BCUT2D eigenvalue weighted by Crippen LogP contribution is -2.41. The fourth-order valence-corrected chi connectivity index (χ4v) is 3.37. The van der Waals surface area contributed by atoms with Gasteiger partial charge in [0.25, 0.3) is 0 Å². The van der Waals surface area contributed by atoms with E-state index in [1.54, 1.807) is 12.1 Å². The molecule has 0 bridgehead atoms. The van der Waals surface area contributed by atoms with Crippen LogP contribution < -0.4 is 5.46 Å². The highest BCUT2D eigenvalue weighted by Crippen LogP contribution is 2.36. The molecule has 2 aromatic rings. The molecule has 0 saturated carbocycles. The van der Waals surface area contributed by atoms with Gasteiger partial charge in [-0.15, -0.1) is 0 Å². The summed E-state index contributed by atoms with van der Waals surface area (Å²) in [6.07, 6.45) is 1.43. The van der Waals surface area contributed by atoms with Crippen LogP contribution in [-0.2, 0) is 19.0 Å². The molecule has 1 N–H and O–H groups in total. The SMILES string of the molecule is CC1(C)OB(c2ccc(-c3ccc(S(C)(=N)=O)cc3)cc2)OC1(C)C. The van der Waals surface area contributed by atoms with E-state index in [1.165, 1.54) is 6.26 Å². The first-order chi connectivity index (χ1) is 11.5. The van der Waals surface area contributed by atoms with Gasteiger partial charge < -0.3 is 9.31 Å². The summed E-state index contributed by atoms with van der Waals surface area (Å²) < 4.78 is 31.6. The fraction of sp³-hybridized carbons (Fsp3) is 0.368. The maximum absolute atomic E-state index is 11.8. The number of nitrogens with one attached hydrogen (secondary N) is 1. The van der Waals surface area contributed by atoms with Gasteiger partial charge in [-0.1, -0.05) is 36.4 Å². The lowest BCUT2D eigenvalue weighted by atomic mass is 9.78. The summed E-state index contributed by atoms with van der Waals surface area (Å²) in [4.78, 5) is 0.546. The van der Waals surface area contributed by atoms with Gasteiger partial charge in [-0.25, -0.2) is 8.99 Å². The van der Waals surface area contributed by atoms with Crippen LogP contribution >= 0.6 is 0 Å². The smallest absolute Gasteiger partial charge is 0.399 e. The van der Waals surface area contributed by atoms with Gasteiger partial charge in [0.15, 0.2) is 0 Å². The first kappa shape index (κ1) is 18.2. The molecule has 3 rings (SSSR count). The van der Waals surface area contributed by atoms with Crippen molar-refractivity contribution in [1.82, 2.24) is 0 Å². The lowest BCUT2D eigenvalue weighted by Gasteiger charge is -2.32. The topological polar surface area (TPSA) is 59.4 Å². The Morgan fingerprint density at radius 1 is 0.840 bits per heavy atom. The van der Waals surface area contributed by atoms with Gasteiger partial charge in [-0.05, 0) is 56.4 Å². The van der Waals surface area contributed by atoms with Crippen molar-refractivity contribution in [2.24, 2.45) is 0 Å². The Morgan fingerprint density at radius 2 is 1.24 bits per heavy atom. The van der Waals surface area contributed by atoms with Crippen molar-refractivity contribution in [3.8, 4) is 11.1 Å². The van der Waals surface area contributed by atoms with E-state index in [0.717, 1.165) is 16.6 Å². The van der Waals surface area contributed by atoms with E-state index < -0.39 is 9.73 Å². The van der Waals surface area contributed by atoms with Crippen molar-refractivity contribution in [2.45, 2.75) is 43.8 Å². The van der Waals surface area contributed by atoms with Gasteiger partial charge in [0.05, 0.1) is 20.9 Å². The standard InChI is InChI=1S/C19H24BNO3S/c1-18(2)19(3,4)24-20(23-18)16-10-6-14(7-11-16)15-8-12-17(13-9-15)25(5,21)22/h6-13,21H,1-5H3. The summed E-state index contributed by atoms with van der Waals surface area (Å²) >= 11 is 0. The molecule has 0 spiro atoms. The molecule has 0 amide bonds. The number of hydrogen-bond donors (Lipinski definition) is 1. The molecule has 25 heavy (non-hydrogen) atoms. The normalized spacial score (nSPS) is 21.1. The van der Waals surface area contributed by atoms with Crippen LogP contribution in [0.1, 0.15) is 27.7 Å². The molecule has 1 aliphatic heterocycles. The average Bonchev–Trinajstić information content (AvgIpc) is 2.75. The highest BCUT2D eigenvalue weighted by atomic mass is 32.2. The molecule has 1 heterocycles. The molecule has 6 heteroatoms. The van der Waals surface area contributed by atoms with Crippen LogP contribution in [-0.4, -0.2) is 28.8 Å². The molecule has 2 aromatic carbocycles. The molecule has 1 saturated heterocycles. The van der Waals surface area contributed by atoms with E-state index >= 15 is 0 Å². The van der Waals surface area contributed by atoms with Crippen molar-refractivity contribution < 1.29 is 13.5 Å². The molecule has 1 atom stereocenters. The second-order valence-electron chi connectivity index (χ2n) is 7.58. The van der Waals surface area contributed by atoms with Gasteiger partial charge in [0, 0.05) is 11.2 Å². The van der Waals surface area contributed by atoms with Crippen LogP contribution in [0.25, 0.3) is 11.1 Å². The molecule has 4 nitrogen and oxygen atoms in total. The third-order valence-electron chi connectivity index (χ3n) is 5.07. The molecule has 0 aliphatic carbocycles. The third kappa shape index (κ3) is 3.52. The van der Waals surface area contributed by atoms with Gasteiger partial charge in [0.1, 0.15) is 0 Å². The predicted molar refractivity (Wildman–Crippen MR) is 103 cm³/mol. The van der Waals surface area contributed by atoms with Crippen LogP contribution in [0.15, 0.2) is 53.4 Å². The zero-order valence-corrected chi connectivity index (χ0v) is 16.1. The Bertz CT molecular complexity index is 856. The number of rotatable bonds is 3. The first-order valence-corrected chi connectivity index (χ1v) is 10.3. The van der Waals surface area contributed by atoms with Crippen LogP contribution in [0.2, 0.25) is 0 Å². The first-order valence-electron chi connectivity index (χ1n) is 8.29. The Hall–Kier alpha value is -1.63. The van der Waals surface area contributed by atoms with Crippen molar-refractivity contribution >= 4 is 22.3 Å². The van der Waals surface area contributed by atoms with Crippen LogP contribution in [0.4, 0.5) is 0 Å². The van der Waals surface area contributed by atoms with Gasteiger partial charge >= 0.3 is 7.12 Å². The maximum atomic E-state index is 11.8. The van der Waals surface area contributed by atoms with E-state index in [1.807, 2.05) is 64.1 Å². The van der Waals surface area contributed by atoms with Crippen molar-refractivity contribution in [2.75, 3.05) is 6.26 Å². The molecule has 1 aliphatic rings. The second-order valence-corrected chi connectivity index (χ2v) is 9.74. The highest BCUT2D eigenvalue weighted by Gasteiger charge is 2.51. The second kappa shape index (κ2) is 5.97. The molecule has 1 unspecified atom stereocenters. The predicted octanol–water partition coefficient (Wildman–Crippen LogP) is 3.69. The summed E-state index contributed by atoms with van der Waals surface area (Å²) in [6, 6.07) is 15.4. The molecule has 0 aromatic heterocycles. The monoisotopic (exact) mass is 357 g/mol. The van der Waals surface area contributed by atoms with E-state index in [-0.39, 0.29) is 18.3 Å². The van der Waals surface area contributed by atoms with Crippen molar-refractivity contribution in [3.63, 3.8) is 0 Å².